The van der Waals surface area contributed by atoms with Crippen LogP contribution >= 0.6 is 11.6 Å². The second-order valence-corrected chi connectivity index (χ2v) is 7.42. The fourth-order valence-electron chi connectivity index (χ4n) is 2.02. The molecule has 1 aromatic carbocycles. The molecule has 22 heavy (non-hydrogen) atoms. The number of benzene rings is 1. The first-order valence-corrected chi connectivity index (χ1v) is 8.08. The Bertz CT molecular complexity index is 813. The van der Waals surface area contributed by atoms with E-state index in [1.165, 1.54) is 32.3 Å². The Labute approximate surface area is 134 Å². The van der Waals surface area contributed by atoms with E-state index in [4.69, 9.17) is 23.1 Å². The lowest BCUT2D eigenvalue weighted by atomic mass is 10.1. The lowest BCUT2D eigenvalue weighted by molar-refractivity contribution is 0.521. The third-order valence-electron chi connectivity index (χ3n) is 3.12. The summed E-state index contributed by atoms with van der Waals surface area (Å²) in [4.78, 5) is 8.06. The van der Waals surface area contributed by atoms with Crippen LogP contribution in [0.5, 0.6) is 0 Å². The third kappa shape index (κ3) is 2.85. The monoisotopic (exact) mass is 341 g/mol. The number of sulfonamides is 1. The standard InChI is InChI=1S/C13H16ClN5O2S/c1-7-11(12(15)18-13(16)17-7)9-6-8(4-5-10(9)14)22(20,21)19(2)3/h4-6H,1-3H3,(H4,15,16,17,18). The summed E-state index contributed by atoms with van der Waals surface area (Å²) in [6.45, 7) is 1.70. The first kappa shape index (κ1) is 16.5. The van der Waals surface area contributed by atoms with Crippen LogP contribution in [0.3, 0.4) is 0 Å². The van der Waals surface area contributed by atoms with Gasteiger partial charge < -0.3 is 11.5 Å². The van der Waals surface area contributed by atoms with Gasteiger partial charge >= 0.3 is 0 Å². The molecule has 0 saturated heterocycles. The molecule has 9 heteroatoms. The van der Waals surface area contributed by atoms with Gasteiger partial charge in [0.2, 0.25) is 16.0 Å². The van der Waals surface area contributed by atoms with E-state index in [0.717, 1.165) is 4.31 Å². The minimum absolute atomic E-state index is 0.0481. The van der Waals surface area contributed by atoms with E-state index in [2.05, 4.69) is 9.97 Å². The molecule has 0 bridgehead atoms. The van der Waals surface area contributed by atoms with Crippen molar-refractivity contribution < 1.29 is 8.42 Å². The zero-order chi connectivity index (χ0) is 16.7. The number of hydrogen-bond donors (Lipinski definition) is 2. The van der Waals surface area contributed by atoms with Gasteiger partial charge in [0.15, 0.2) is 0 Å². The van der Waals surface area contributed by atoms with Crippen molar-refractivity contribution in [2.24, 2.45) is 0 Å². The summed E-state index contributed by atoms with van der Waals surface area (Å²) in [6, 6.07) is 4.39. The Kier molecular flexibility index (Phi) is 4.28. The summed E-state index contributed by atoms with van der Waals surface area (Å²) >= 11 is 6.19. The maximum atomic E-state index is 12.3. The predicted molar refractivity (Wildman–Crippen MR) is 86.9 cm³/mol. The summed E-state index contributed by atoms with van der Waals surface area (Å²) in [5.74, 6) is 0.193. The van der Waals surface area contributed by atoms with Gasteiger partial charge in [-0.25, -0.2) is 17.7 Å². The van der Waals surface area contributed by atoms with E-state index < -0.39 is 10.0 Å². The molecule has 1 heterocycles. The van der Waals surface area contributed by atoms with Crippen LogP contribution in [0.2, 0.25) is 5.02 Å². The molecule has 0 radical (unpaired) electrons. The number of aryl methyl sites for hydroxylation is 1. The third-order valence-corrected chi connectivity index (χ3v) is 5.26. The molecule has 0 atom stereocenters. The SMILES string of the molecule is Cc1nc(N)nc(N)c1-c1cc(S(=O)(=O)N(C)C)ccc1Cl. The fourth-order valence-corrected chi connectivity index (χ4v) is 3.16. The Balaban J connectivity index is 2.73. The molecule has 2 aromatic rings. The summed E-state index contributed by atoms with van der Waals surface area (Å²) in [6.07, 6.45) is 0. The van der Waals surface area contributed by atoms with Crippen molar-refractivity contribution in [2.45, 2.75) is 11.8 Å². The van der Waals surface area contributed by atoms with Gasteiger partial charge in [0.25, 0.3) is 0 Å². The number of halogens is 1. The molecule has 0 unspecified atom stereocenters. The number of anilines is 2. The first-order chi connectivity index (χ1) is 10.1. The largest absolute Gasteiger partial charge is 0.383 e. The second kappa shape index (κ2) is 5.71. The van der Waals surface area contributed by atoms with Crippen LogP contribution in [0.1, 0.15) is 5.69 Å². The van der Waals surface area contributed by atoms with Crippen LogP contribution in [-0.2, 0) is 10.0 Å². The Morgan fingerprint density at radius 3 is 2.36 bits per heavy atom. The average Bonchev–Trinajstić information content (AvgIpc) is 2.39. The van der Waals surface area contributed by atoms with Gasteiger partial charge in [0.1, 0.15) is 5.82 Å². The normalized spacial score (nSPS) is 11.9. The maximum absolute atomic E-state index is 12.3. The molecule has 0 amide bonds. The number of rotatable bonds is 3. The highest BCUT2D eigenvalue weighted by Gasteiger charge is 2.21. The topological polar surface area (TPSA) is 115 Å². The highest BCUT2D eigenvalue weighted by molar-refractivity contribution is 7.89. The van der Waals surface area contributed by atoms with Gasteiger partial charge in [-0.1, -0.05) is 11.6 Å². The Hall–Kier alpha value is -1.90. The molecule has 0 aliphatic carbocycles. The fraction of sp³-hybridized carbons (Fsp3) is 0.231. The van der Waals surface area contributed by atoms with Gasteiger partial charge in [-0.3, -0.25) is 0 Å². The lowest BCUT2D eigenvalue weighted by Crippen LogP contribution is -2.22. The molecule has 0 aliphatic heterocycles. The van der Waals surface area contributed by atoms with Crippen molar-refractivity contribution in [1.29, 1.82) is 0 Å². The second-order valence-electron chi connectivity index (χ2n) is 4.86. The number of nitrogen functional groups attached to an aromatic ring is 2. The minimum Gasteiger partial charge on any atom is -0.383 e. The molecule has 118 valence electrons. The number of nitrogens with zero attached hydrogens (tertiary/aromatic N) is 3. The lowest BCUT2D eigenvalue weighted by Gasteiger charge is -2.15. The van der Waals surface area contributed by atoms with Crippen LogP contribution in [-0.4, -0.2) is 36.8 Å². The predicted octanol–water partition coefficient (Wildman–Crippen LogP) is 1.52. The van der Waals surface area contributed by atoms with Crippen molar-refractivity contribution in [1.82, 2.24) is 14.3 Å². The van der Waals surface area contributed by atoms with E-state index >= 15 is 0 Å². The summed E-state index contributed by atoms with van der Waals surface area (Å²) in [7, 11) is -0.682. The van der Waals surface area contributed by atoms with Gasteiger partial charge in [-0.05, 0) is 25.1 Å². The van der Waals surface area contributed by atoms with Crippen LogP contribution in [0.4, 0.5) is 11.8 Å². The Morgan fingerprint density at radius 1 is 1.18 bits per heavy atom. The zero-order valence-corrected chi connectivity index (χ0v) is 13.9. The average molecular weight is 342 g/mol. The van der Waals surface area contributed by atoms with Crippen LogP contribution < -0.4 is 11.5 Å². The van der Waals surface area contributed by atoms with Crippen LogP contribution in [0, 0.1) is 6.92 Å². The molecular weight excluding hydrogens is 326 g/mol. The molecule has 0 fully saturated rings. The molecule has 1 aromatic heterocycles. The molecule has 0 aliphatic rings. The van der Waals surface area contributed by atoms with Crippen molar-refractivity contribution in [2.75, 3.05) is 25.6 Å². The van der Waals surface area contributed by atoms with Crippen molar-refractivity contribution >= 4 is 33.4 Å². The highest BCUT2D eigenvalue weighted by Crippen LogP contribution is 2.35. The first-order valence-electron chi connectivity index (χ1n) is 6.26. The molecule has 0 spiro atoms. The summed E-state index contributed by atoms with van der Waals surface area (Å²) in [5.41, 5.74) is 12.9. The minimum atomic E-state index is -3.59. The molecular formula is C13H16ClN5O2S. The van der Waals surface area contributed by atoms with Gasteiger partial charge in [0, 0.05) is 30.2 Å². The number of nitrogens with two attached hydrogens (primary N) is 2. The highest BCUT2D eigenvalue weighted by atomic mass is 35.5. The molecule has 2 rings (SSSR count). The van der Waals surface area contributed by atoms with Gasteiger partial charge in [-0.15, -0.1) is 0 Å². The number of aromatic nitrogens is 2. The van der Waals surface area contributed by atoms with E-state index in [1.54, 1.807) is 6.92 Å². The van der Waals surface area contributed by atoms with Gasteiger partial charge in [0.05, 0.1) is 10.6 Å². The zero-order valence-electron chi connectivity index (χ0n) is 12.3. The summed E-state index contributed by atoms with van der Waals surface area (Å²) in [5, 5.41) is 0.348. The number of hydrogen-bond acceptors (Lipinski definition) is 6. The molecule has 4 N–H and O–H groups in total. The van der Waals surface area contributed by atoms with E-state index in [-0.39, 0.29) is 16.7 Å². The van der Waals surface area contributed by atoms with Crippen LogP contribution in [0.15, 0.2) is 23.1 Å². The smallest absolute Gasteiger partial charge is 0.242 e. The molecule has 0 saturated carbocycles. The van der Waals surface area contributed by atoms with Gasteiger partial charge in [-0.2, -0.15) is 4.98 Å². The quantitative estimate of drug-likeness (QED) is 0.874. The van der Waals surface area contributed by atoms with Crippen molar-refractivity contribution in [3.8, 4) is 11.1 Å². The van der Waals surface area contributed by atoms with E-state index in [9.17, 15) is 8.42 Å². The maximum Gasteiger partial charge on any atom is 0.242 e. The summed E-state index contributed by atoms with van der Waals surface area (Å²) < 4.78 is 25.6. The molecule has 7 nitrogen and oxygen atoms in total. The van der Waals surface area contributed by atoms with Crippen molar-refractivity contribution in [3.63, 3.8) is 0 Å². The van der Waals surface area contributed by atoms with E-state index in [0.29, 0.717) is 21.8 Å². The van der Waals surface area contributed by atoms with Crippen LogP contribution in [0.25, 0.3) is 11.1 Å². The van der Waals surface area contributed by atoms with E-state index in [1.807, 2.05) is 0 Å². The Morgan fingerprint density at radius 2 is 1.82 bits per heavy atom. The van der Waals surface area contributed by atoms with Crippen molar-refractivity contribution in [3.05, 3.63) is 28.9 Å².